The molecule has 1 amide bonds. The van der Waals surface area contributed by atoms with Crippen molar-refractivity contribution in [3.63, 3.8) is 0 Å². The van der Waals surface area contributed by atoms with Gasteiger partial charge in [0, 0.05) is 12.6 Å². The topological polar surface area (TPSA) is 62.5 Å². The molecule has 0 aliphatic carbocycles. The summed E-state index contributed by atoms with van der Waals surface area (Å²) in [5.74, 6) is 0.447. The van der Waals surface area contributed by atoms with Crippen molar-refractivity contribution in [3.8, 4) is 0 Å². The van der Waals surface area contributed by atoms with E-state index in [1.807, 2.05) is 24.3 Å². The van der Waals surface area contributed by atoms with Gasteiger partial charge in [-0.2, -0.15) is 0 Å². The number of rotatable bonds is 5. The maximum Gasteiger partial charge on any atom is 0.244 e. The molecule has 2 N–H and O–H groups in total. The molecule has 0 bridgehead atoms. The summed E-state index contributed by atoms with van der Waals surface area (Å²) < 4.78 is 5.08. The molecule has 0 fully saturated rings. The Bertz CT molecular complexity index is 559. The van der Waals surface area contributed by atoms with E-state index >= 15 is 0 Å². The van der Waals surface area contributed by atoms with Crippen molar-refractivity contribution >= 4 is 12.0 Å². The number of aliphatic hydroxyl groups excluding tert-OH is 1. The van der Waals surface area contributed by atoms with Crippen molar-refractivity contribution in [3.05, 3.63) is 65.6 Å². The number of benzene rings is 1. The van der Waals surface area contributed by atoms with Crippen molar-refractivity contribution in [2.75, 3.05) is 0 Å². The van der Waals surface area contributed by atoms with Crippen LogP contribution < -0.4 is 5.32 Å². The Hall–Kier alpha value is -2.33. The summed E-state index contributed by atoms with van der Waals surface area (Å²) in [6.45, 7) is 0.426. The third-order valence-electron chi connectivity index (χ3n) is 2.58. The molecule has 4 nitrogen and oxygen atoms in total. The Balaban J connectivity index is 1.86. The summed E-state index contributed by atoms with van der Waals surface area (Å²) in [6, 6.07) is 11.0. The first-order valence-corrected chi connectivity index (χ1v) is 5.96. The highest BCUT2D eigenvalue weighted by Gasteiger charge is 1.98. The number of nitrogens with one attached hydrogen (secondary N) is 1. The van der Waals surface area contributed by atoms with Gasteiger partial charge in [-0.15, -0.1) is 0 Å². The summed E-state index contributed by atoms with van der Waals surface area (Å²) in [4.78, 5) is 11.6. The predicted molar refractivity (Wildman–Crippen MR) is 72.0 cm³/mol. The van der Waals surface area contributed by atoms with Crippen LogP contribution in [0.4, 0.5) is 0 Å². The molecule has 0 radical (unpaired) electrons. The molecule has 1 aromatic carbocycles. The number of hydrogen-bond acceptors (Lipinski definition) is 3. The van der Waals surface area contributed by atoms with E-state index in [1.165, 1.54) is 6.08 Å². The number of aliphatic hydroxyl groups is 1. The number of furan rings is 1. The van der Waals surface area contributed by atoms with Gasteiger partial charge < -0.3 is 14.8 Å². The van der Waals surface area contributed by atoms with Gasteiger partial charge in [-0.1, -0.05) is 24.3 Å². The van der Waals surface area contributed by atoms with Crippen LogP contribution in [0.2, 0.25) is 0 Å². The quantitative estimate of drug-likeness (QED) is 0.806. The van der Waals surface area contributed by atoms with Gasteiger partial charge in [-0.05, 0) is 29.3 Å². The van der Waals surface area contributed by atoms with Crippen LogP contribution in [0.5, 0.6) is 0 Å². The number of hydrogen-bond donors (Lipinski definition) is 2. The third-order valence-corrected chi connectivity index (χ3v) is 2.58. The minimum Gasteiger partial charge on any atom is -0.465 e. The lowest BCUT2D eigenvalue weighted by Crippen LogP contribution is -2.20. The molecule has 4 heteroatoms. The first-order chi connectivity index (χ1) is 9.28. The van der Waals surface area contributed by atoms with Crippen LogP contribution in [-0.4, -0.2) is 11.0 Å². The summed E-state index contributed by atoms with van der Waals surface area (Å²) >= 11 is 0. The zero-order valence-corrected chi connectivity index (χ0v) is 10.4. The Morgan fingerprint density at radius 3 is 2.84 bits per heavy atom. The summed E-state index contributed by atoms with van der Waals surface area (Å²) in [5.41, 5.74) is 1.78. The first kappa shape index (κ1) is 13.1. The number of amides is 1. The normalized spacial score (nSPS) is 10.8. The predicted octanol–water partition coefficient (Wildman–Crippen LogP) is 2.10. The molecule has 0 saturated heterocycles. The van der Waals surface area contributed by atoms with E-state index < -0.39 is 0 Å². The second-order valence-corrected chi connectivity index (χ2v) is 4.04. The van der Waals surface area contributed by atoms with Gasteiger partial charge in [0.25, 0.3) is 0 Å². The minimum atomic E-state index is -0.189. The smallest absolute Gasteiger partial charge is 0.244 e. The molecule has 0 saturated carbocycles. The fourth-order valence-corrected chi connectivity index (χ4v) is 1.63. The molecule has 19 heavy (non-hydrogen) atoms. The highest BCUT2D eigenvalue weighted by atomic mass is 16.3. The van der Waals surface area contributed by atoms with E-state index in [0.717, 1.165) is 11.1 Å². The second kappa shape index (κ2) is 6.56. The fraction of sp³-hybridized carbons (Fsp3) is 0.133. The molecule has 0 aliphatic rings. The van der Waals surface area contributed by atoms with E-state index in [2.05, 4.69) is 5.32 Å². The standard InChI is InChI=1S/C15H15NO3/c17-11-13-4-1-3-12(9-13)10-16-15(18)7-6-14-5-2-8-19-14/h1-9,17H,10-11H2,(H,16,18). The van der Waals surface area contributed by atoms with Gasteiger partial charge in [-0.3, -0.25) is 4.79 Å². The molecule has 1 aromatic heterocycles. The van der Waals surface area contributed by atoms with Gasteiger partial charge >= 0.3 is 0 Å². The highest BCUT2D eigenvalue weighted by Crippen LogP contribution is 2.05. The van der Waals surface area contributed by atoms with Gasteiger partial charge in [-0.25, -0.2) is 0 Å². The average Bonchev–Trinajstić information content (AvgIpc) is 2.96. The molecule has 2 rings (SSSR count). The van der Waals surface area contributed by atoms with Crippen LogP contribution >= 0.6 is 0 Å². The largest absolute Gasteiger partial charge is 0.465 e. The van der Waals surface area contributed by atoms with Gasteiger partial charge in [0.05, 0.1) is 12.9 Å². The van der Waals surface area contributed by atoms with Gasteiger partial charge in [0.15, 0.2) is 0 Å². The molecule has 0 spiro atoms. The molecule has 98 valence electrons. The summed E-state index contributed by atoms with van der Waals surface area (Å²) in [5, 5.41) is 11.8. The van der Waals surface area contributed by atoms with E-state index in [1.54, 1.807) is 24.5 Å². The van der Waals surface area contributed by atoms with Crippen molar-refractivity contribution in [1.82, 2.24) is 5.32 Å². The molecular formula is C15H15NO3. The van der Waals surface area contributed by atoms with Crippen LogP contribution in [0.3, 0.4) is 0 Å². The lowest BCUT2D eigenvalue weighted by atomic mass is 10.1. The minimum absolute atomic E-state index is 0.000181. The monoisotopic (exact) mass is 257 g/mol. The Morgan fingerprint density at radius 2 is 2.11 bits per heavy atom. The SMILES string of the molecule is O=C(C=Cc1ccco1)NCc1cccc(CO)c1. The zero-order chi connectivity index (χ0) is 13.5. The third kappa shape index (κ3) is 4.12. The zero-order valence-electron chi connectivity index (χ0n) is 10.4. The number of carbonyl (C=O) groups is 1. The highest BCUT2D eigenvalue weighted by molar-refractivity contribution is 5.91. The Kier molecular flexibility index (Phi) is 4.53. The van der Waals surface area contributed by atoms with Crippen LogP contribution in [-0.2, 0) is 17.9 Å². The molecule has 0 atom stereocenters. The van der Waals surface area contributed by atoms with Gasteiger partial charge in [0.1, 0.15) is 5.76 Å². The lowest BCUT2D eigenvalue weighted by molar-refractivity contribution is -0.116. The maximum absolute atomic E-state index is 11.6. The second-order valence-electron chi connectivity index (χ2n) is 4.04. The van der Waals surface area contributed by atoms with Crippen LogP contribution in [0.25, 0.3) is 6.08 Å². The summed E-state index contributed by atoms with van der Waals surface area (Å²) in [6.07, 6.45) is 4.59. The Labute approximate surface area is 111 Å². The number of carbonyl (C=O) groups excluding carboxylic acids is 1. The molecule has 2 aromatic rings. The molecular weight excluding hydrogens is 242 g/mol. The van der Waals surface area contributed by atoms with Crippen LogP contribution in [0.1, 0.15) is 16.9 Å². The van der Waals surface area contributed by atoms with Crippen molar-refractivity contribution in [2.24, 2.45) is 0 Å². The van der Waals surface area contributed by atoms with Crippen molar-refractivity contribution < 1.29 is 14.3 Å². The first-order valence-electron chi connectivity index (χ1n) is 5.96. The summed E-state index contributed by atoms with van der Waals surface area (Å²) in [7, 11) is 0. The lowest BCUT2D eigenvalue weighted by Gasteiger charge is -2.04. The maximum atomic E-state index is 11.6. The molecule has 0 unspecified atom stereocenters. The molecule has 0 aliphatic heterocycles. The van der Waals surface area contributed by atoms with E-state index in [4.69, 9.17) is 9.52 Å². The van der Waals surface area contributed by atoms with Crippen LogP contribution in [0.15, 0.2) is 53.2 Å². The fourth-order valence-electron chi connectivity index (χ4n) is 1.63. The average molecular weight is 257 g/mol. The van der Waals surface area contributed by atoms with Crippen molar-refractivity contribution in [2.45, 2.75) is 13.2 Å². The Morgan fingerprint density at radius 1 is 1.26 bits per heavy atom. The molecule has 1 heterocycles. The van der Waals surface area contributed by atoms with E-state index in [9.17, 15) is 4.79 Å². The van der Waals surface area contributed by atoms with Crippen molar-refractivity contribution in [1.29, 1.82) is 0 Å². The van der Waals surface area contributed by atoms with Crippen LogP contribution in [0, 0.1) is 0 Å². The van der Waals surface area contributed by atoms with Gasteiger partial charge in [0.2, 0.25) is 5.91 Å². The van der Waals surface area contributed by atoms with E-state index in [-0.39, 0.29) is 12.5 Å². The van der Waals surface area contributed by atoms with E-state index in [0.29, 0.717) is 12.3 Å².